The summed E-state index contributed by atoms with van der Waals surface area (Å²) in [6.45, 7) is 2.54. The second-order valence-electron chi connectivity index (χ2n) is 3.72. The summed E-state index contributed by atoms with van der Waals surface area (Å²) in [4.78, 5) is 20.5. The number of rotatable bonds is 4. The third-order valence-corrected chi connectivity index (χ3v) is 3.23. The van der Waals surface area contributed by atoms with Crippen molar-refractivity contribution in [3.63, 3.8) is 0 Å². The number of hydrogen-bond donors (Lipinski definition) is 3. The summed E-state index contributed by atoms with van der Waals surface area (Å²) in [6, 6.07) is 1.55. The van der Waals surface area contributed by atoms with Crippen molar-refractivity contribution in [2.24, 2.45) is 5.73 Å². The molecule has 2 heterocycles. The standard InChI is InChI=1S/C11H13N5OS/c1-6-14-3-7(18-6)4-15-10-2-8(11(13)17)9(12)5-16-10/h2-3,5H,4,12H2,1H3,(H2,13,17)(H,15,16). The highest BCUT2D eigenvalue weighted by atomic mass is 32.1. The van der Waals surface area contributed by atoms with Crippen LogP contribution in [-0.4, -0.2) is 15.9 Å². The molecule has 0 aliphatic rings. The molecule has 0 saturated heterocycles. The van der Waals surface area contributed by atoms with Gasteiger partial charge in [0.25, 0.3) is 5.91 Å². The maximum Gasteiger partial charge on any atom is 0.250 e. The highest BCUT2D eigenvalue weighted by Gasteiger charge is 2.08. The lowest BCUT2D eigenvalue weighted by molar-refractivity contribution is 0.100. The molecule has 0 unspecified atom stereocenters. The monoisotopic (exact) mass is 263 g/mol. The molecule has 0 saturated carbocycles. The zero-order valence-corrected chi connectivity index (χ0v) is 10.6. The molecular weight excluding hydrogens is 250 g/mol. The zero-order valence-electron chi connectivity index (χ0n) is 9.80. The van der Waals surface area contributed by atoms with Crippen molar-refractivity contribution >= 4 is 28.7 Å². The Morgan fingerprint density at radius 3 is 2.83 bits per heavy atom. The fourth-order valence-electron chi connectivity index (χ4n) is 1.44. The first-order valence-corrected chi connectivity index (χ1v) is 6.08. The molecule has 5 N–H and O–H groups in total. The van der Waals surface area contributed by atoms with Gasteiger partial charge in [0.2, 0.25) is 0 Å². The van der Waals surface area contributed by atoms with E-state index in [1.807, 2.05) is 6.92 Å². The Bertz CT molecular complexity index is 581. The van der Waals surface area contributed by atoms with Crippen molar-refractivity contribution in [1.82, 2.24) is 9.97 Å². The molecule has 7 heteroatoms. The van der Waals surface area contributed by atoms with E-state index in [0.717, 1.165) is 9.88 Å². The first kappa shape index (κ1) is 12.3. The first-order valence-electron chi connectivity index (χ1n) is 5.27. The Hall–Kier alpha value is -2.15. The average molecular weight is 263 g/mol. The molecule has 2 aromatic rings. The number of nitrogen functional groups attached to an aromatic ring is 1. The topological polar surface area (TPSA) is 107 Å². The maximum atomic E-state index is 11.1. The van der Waals surface area contributed by atoms with Gasteiger partial charge in [-0.15, -0.1) is 11.3 Å². The van der Waals surface area contributed by atoms with E-state index in [2.05, 4.69) is 15.3 Å². The molecular formula is C11H13N5OS. The van der Waals surface area contributed by atoms with Crippen LogP contribution in [0.2, 0.25) is 0 Å². The summed E-state index contributed by atoms with van der Waals surface area (Å²) in [5.74, 6) is -0.00404. The lowest BCUT2D eigenvalue weighted by Gasteiger charge is -2.06. The molecule has 18 heavy (non-hydrogen) atoms. The van der Waals surface area contributed by atoms with Crippen molar-refractivity contribution < 1.29 is 4.79 Å². The molecule has 2 aromatic heterocycles. The average Bonchev–Trinajstić information content (AvgIpc) is 2.74. The van der Waals surface area contributed by atoms with Gasteiger partial charge >= 0.3 is 0 Å². The van der Waals surface area contributed by atoms with Crippen LogP contribution in [0.3, 0.4) is 0 Å². The maximum absolute atomic E-state index is 11.1. The van der Waals surface area contributed by atoms with E-state index >= 15 is 0 Å². The van der Waals surface area contributed by atoms with E-state index in [4.69, 9.17) is 11.5 Å². The number of thiazole rings is 1. The van der Waals surface area contributed by atoms with Crippen LogP contribution in [-0.2, 0) is 6.54 Å². The molecule has 0 bridgehead atoms. The Morgan fingerprint density at radius 2 is 2.22 bits per heavy atom. The minimum absolute atomic E-state index is 0.271. The van der Waals surface area contributed by atoms with Crippen LogP contribution in [0.15, 0.2) is 18.5 Å². The van der Waals surface area contributed by atoms with Crippen LogP contribution in [0.1, 0.15) is 20.2 Å². The van der Waals surface area contributed by atoms with Gasteiger partial charge in [-0.25, -0.2) is 9.97 Å². The van der Waals surface area contributed by atoms with Crippen LogP contribution in [0.4, 0.5) is 11.5 Å². The van der Waals surface area contributed by atoms with Gasteiger partial charge in [-0.2, -0.15) is 0 Å². The van der Waals surface area contributed by atoms with E-state index in [1.54, 1.807) is 23.6 Å². The van der Waals surface area contributed by atoms with Crippen molar-refractivity contribution in [2.75, 3.05) is 11.1 Å². The molecule has 0 aromatic carbocycles. The second-order valence-corrected chi connectivity index (χ2v) is 5.04. The third-order valence-electron chi connectivity index (χ3n) is 2.31. The van der Waals surface area contributed by atoms with Crippen LogP contribution < -0.4 is 16.8 Å². The van der Waals surface area contributed by atoms with Crippen molar-refractivity contribution in [2.45, 2.75) is 13.5 Å². The first-order chi connectivity index (χ1) is 8.56. The van der Waals surface area contributed by atoms with E-state index in [0.29, 0.717) is 12.4 Å². The Balaban J connectivity index is 2.10. The normalized spacial score (nSPS) is 10.3. The van der Waals surface area contributed by atoms with Crippen molar-refractivity contribution in [3.8, 4) is 0 Å². The van der Waals surface area contributed by atoms with Gasteiger partial charge in [-0.05, 0) is 13.0 Å². The van der Waals surface area contributed by atoms with Crippen molar-refractivity contribution in [1.29, 1.82) is 0 Å². The Labute approximate surface area is 108 Å². The summed E-state index contributed by atoms with van der Waals surface area (Å²) in [5.41, 5.74) is 11.4. The molecule has 0 radical (unpaired) electrons. The van der Waals surface area contributed by atoms with Gasteiger partial charge in [0.1, 0.15) is 5.82 Å². The number of amides is 1. The van der Waals surface area contributed by atoms with E-state index in [9.17, 15) is 4.79 Å². The minimum Gasteiger partial charge on any atom is -0.397 e. The second kappa shape index (κ2) is 5.01. The number of aromatic nitrogens is 2. The number of pyridine rings is 1. The smallest absolute Gasteiger partial charge is 0.250 e. The molecule has 1 amide bonds. The minimum atomic E-state index is -0.563. The van der Waals surface area contributed by atoms with Gasteiger partial charge in [-0.3, -0.25) is 4.79 Å². The number of nitrogens with zero attached hydrogens (tertiary/aromatic N) is 2. The van der Waals surface area contributed by atoms with Gasteiger partial charge in [0, 0.05) is 11.1 Å². The zero-order chi connectivity index (χ0) is 13.1. The van der Waals surface area contributed by atoms with E-state index in [-0.39, 0.29) is 11.3 Å². The molecule has 2 rings (SSSR count). The predicted octanol–water partition coefficient (Wildman–Crippen LogP) is 1.14. The lowest BCUT2D eigenvalue weighted by Crippen LogP contribution is -2.14. The molecule has 0 aliphatic heterocycles. The number of hydrogen-bond acceptors (Lipinski definition) is 6. The quantitative estimate of drug-likeness (QED) is 0.766. The van der Waals surface area contributed by atoms with E-state index in [1.165, 1.54) is 6.20 Å². The van der Waals surface area contributed by atoms with Crippen molar-refractivity contribution in [3.05, 3.63) is 33.9 Å². The number of carbonyl (C=O) groups is 1. The third kappa shape index (κ3) is 2.75. The van der Waals surface area contributed by atoms with Crippen LogP contribution in [0, 0.1) is 6.92 Å². The fraction of sp³-hybridized carbons (Fsp3) is 0.182. The molecule has 0 fully saturated rings. The SMILES string of the molecule is Cc1ncc(CNc2cc(C(N)=O)c(N)cn2)s1. The van der Waals surface area contributed by atoms with Crippen LogP contribution >= 0.6 is 11.3 Å². The molecule has 0 spiro atoms. The van der Waals surface area contributed by atoms with Gasteiger partial charge in [0.05, 0.1) is 29.0 Å². The molecule has 6 nitrogen and oxygen atoms in total. The van der Waals surface area contributed by atoms with Crippen LogP contribution in [0.25, 0.3) is 0 Å². The largest absolute Gasteiger partial charge is 0.397 e. The van der Waals surface area contributed by atoms with Gasteiger partial charge < -0.3 is 16.8 Å². The lowest BCUT2D eigenvalue weighted by atomic mass is 10.2. The predicted molar refractivity (Wildman–Crippen MR) is 71.3 cm³/mol. The Kier molecular flexibility index (Phi) is 3.42. The summed E-state index contributed by atoms with van der Waals surface area (Å²) < 4.78 is 0. The summed E-state index contributed by atoms with van der Waals surface area (Å²) in [7, 11) is 0. The molecule has 94 valence electrons. The highest BCUT2D eigenvalue weighted by molar-refractivity contribution is 7.11. The number of carbonyl (C=O) groups excluding carboxylic acids is 1. The molecule has 0 aliphatic carbocycles. The number of primary amides is 1. The number of anilines is 2. The molecule has 0 atom stereocenters. The fourth-order valence-corrected chi connectivity index (χ4v) is 2.18. The number of aryl methyl sites for hydroxylation is 1. The summed E-state index contributed by atoms with van der Waals surface area (Å²) >= 11 is 1.60. The number of nitrogens with two attached hydrogens (primary N) is 2. The van der Waals surface area contributed by atoms with E-state index < -0.39 is 5.91 Å². The summed E-state index contributed by atoms with van der Waals surface area (Å²) in [6.07, 6.45) is 3.22. The summed E-state index contributed by atoms with van der Waals surface area (Å²) in [5, 5.41) is 4.10. The number of nitrogens with one attached hydrogen (secondary N) is 1. The van der Waals surface area contributed by atoms with Gasteiger partial charge in [-0.1, -0.05) is 0 Å². The Morgan fingerprint density at radius 1 is 1.44 bits per heavy atom. The van der Waals surface area contributed by atoms with Gasteiger partial charge in [0.15, 0.2) is 0 Å². The van der Waals surface area contributed by atoms with Crippen LogP contribution in [0.5, 0.6) is 0 Å². The highest BCUT2D eigenvalue weighted by Crippen LogP contribution is 2.16.